The molecule has 6 heteroatoms. The third-order valence-electron chi connectivity index (χ3n) is 5.45. The maximum Gasteiger partial charge on any atom is 0.317 e. The van der Waals surface area contributed by atoms with Gasteiger partial charge < -0.3 is 20.2 Å². The molecule has 2 amide bonds. The van der Waals surface area contributed by atoms with E-state index in [0.29, 0.717) is 6.54 Å². The number of rotatable bonds is 4. The van der Waals surface area contributed by atoms with Gasteiger partial charge in [0.05, 0.1) is 6.10 Å². The molecule has 2 N–H and O–H groups in total. The van der Waals surface area contributed by atoms with Crippen LogP contribution in [0.5, 0.6) is 0 Å². The highest BCUT2D eigenvalue weighted by Crippen LogP contribution is 2.25. The van der Waals surface area contributed by atoms with Gasteiger partial charge in [0.1, 0.15) is 5.82 Å². The maximum atomic E-state index is 12.5. The third kappa shape index (κ3) is 4.84. The Morgan fingerprint density at radius 3 is 2.92 bits per heavy atom. The summed E-state index contributed by atoms with van der Waals surface area (Å²) in [5.41, 5.74) is 0. The Balaban J connectivity index is 1.50. The molecular formula is C19H30N4O2. The van der Waals surface area contributed by atoms with Crippen molar-refractivity contribution >= 4 is 11.8 Å². The fraction of sp³-hybridized carbons (Fsp3) is 0.684. The van der Waals surface area contributed by atoms with E-state index in [4.69, 9.17) is 0 Å². The first-order valence-electron chi connectivity index (χ1n) is 9.49. The molecule has 138 valence electrons. The monoisotopic (exact) mass is 346 g/mol. The van der Waals surface area contributed by atoms with Gasteiger partial charge in [0, 0.05) is 44.8 Å². The van der Waals surface area contributed by atoms with E-state index in [2.05, 4.69) is 15.2 Å². The number of nitrogens with zero attached hydrogens (tertiary/aromatic N) is 3. The zero-order chi connectivity index (χ0) is 17.6. The molecule has 2 aliphatic rings. The van der Waals surface area contributed by atoms with Crippen molar-refractivity contribution in [2.75, 3.05) is 31.6 Å². The molecule has 3 atom stereocenters. The predicted octanol–water partition coefficient (Wildman–Crippen LogP) is 2.24. The lowest BCUT2D eigenvalue weighted by atomic mass is 9.86. The smallest absolute Gasteiger partial charge is 0.317 e. The van der Waals surface area contributed by atoms with Crippen LogP contribution in [0, 0.1) is 5.92 Å². The van der Waals surface area contributed by atoms with Crippen LogP contribution in [0.3, 0.4) is 0 Å². The van der Waals surface area contributed by atoms with Gasteiger partial charge in [-0.3, -0.25) is 0 Å². The molecule has 1 aliphatic heterocycles. The molecule has 2 fully saturated rings. The standard InChI is InChI=1S/C19H30N4O2/c1-22(13-15-7-2-3-9-17(15)24)19(25)21-16-8-6-12-23(14-16)18-10-4-5-11-20-18/h4-5,10-11,15-17,24H,2-3,6-9,12-14H2,1H3,(H,21,25)/t15-,16-,17-/m0/s1. The summed E-state index contributed by atoms with van der Waals surface area (Å²) in [6.45, 7) is 2.40. The normalized spacial score (nSPS) is 27.0. The average Bonchev–Trinajstić information content (AvgIpc) is 2.64. The molecule has 0 bridgehead atoms. The topological polar surface area (TPSA) is 68.7 Å². The van der Waals surface area contributed by atoms with Gasteiger partial charge in [0.15, 0.2) is 0 Å². The molecule has 2 heterocycles. The number of anilines is 1. The van der Waals surface area contributed by atoms with Crippen molar-refractivity contribution < 1.29 is 9.90 Å². The summed E-state index contributed by atoms with van der Waals surface area (Å²) in [5, 5.41) is 13.3. The van der Waals surface area contributed by atoms with Crippen molar-refractivity contribution in [3.05, 3.63) is 24.4 Å². The van der Waals surface area contributed by atoms with Gasteiger partial charge >= 0.3 is 6.03 Å². The largest absolute Gasteiger partial charge is 0.393 e. The third-order valence-corrected chi connectivity index (χ3v) is 5.45. The summed E-state index contributed by atoms with van der Waals surface area (Å²) in [4.78, 5) is 20.9. The van der Waals surface area contributed by atoms with Gasteiger partial charge in [-0.1, -0.05) is 18.9 Å². The lowest BCUT2D eigenvalue weighted by molar-refractivity contribution is 0.0562. The van der Waals surface area contributed by atoms with E-state index in [1.165, 1.54) is 0 Å². The van der Waals surface area contributed by atoms with Gasteiger partial charge in [-0.15, -0.1) is 0 Å². The Kier molecular flexibility index (Phi) is 6.13. The number of carbonyl (C=O) groups excluding carboxylic acids is 1. The molecule has 1 aliphatic carbocycles. The van der Waals surface area contributed by atoms with Crippen LogP contribution in [0.25, 0.3) is 0 Å². The Bertz CT molecular complexity index is 554. The second-order valence-electron chi connectivity index (χ2n) is 7.42. The predicted molar refractivity (Wildman–Crippen MR) is 98.6 cm³/mol. The summed E-state index contributed by atoms with van der Waals surface area (Å²) in [5.74, 6) is 1.18. The molecule has 0 spiro atoms. The Hall–Kier alpha value is -1.82. The number of pyridine rings is 1. The lowest BCUT2D eigenvalue weighted by Gasteiger charge is -2.36. The van der Waals surface area contributed by atoms with E-state index >= 15 is 0 Å². The van der Waals surface area contributed by atoms with E-state index in [1.807, 2.05) is 25.2 Å². The summed E-state index contributed by atoms with van der Waals surface area (Å²) in [6, 6.07) is 6.03. The zero-order valence-corrected chi connectivity index (χ0v) is 15.1. The van der Waals surface area contributed by atoms with Crippen LogP contribution >= 0.6 is 0 Å². The molecule has 0 aromatic carbocycles. The van der Waals surface area contributed by atoms with Crippen molar-refractivity contribution in [1.82, 2.24) is 15.2 Å². The summed E-state index contributed by atoms with van der Waals surface area (Å²) >= 11 is 0. The minimum atomic E-state index is -0.265. The number of aliphatic hydroxyl groups is 1. The van der Waals surface area contributed by atoms with Crippen molar-refractivity contribution in [2.45, 2.75) is 50.7 Å². The zero-order valence-electron chi connectivity index (χ0n) is 15.1. The van der Waals surface area contributed by atoms with Gasteiger partial charge in [0.25, 0.3) is 0 Å². The molecule has 1 aromatic rings. The molecule has 1 saturated heterocycles. The van der Waals surface area contributed by atoms with Crippen LogP contribution in [-0.2, 0) is 0 Å². The summed E-state index contributed by atoms with van der Waals surface area (Å²) in [7, 11) is 1.83. The quantitative estimate of drug-likeness (QED) is 0.877. The SMILES string of the molecule is CN(C[C@@H]1CCCC[C@@H]1O)C(=O)N[C@H]1CCCN(c2ccccn2)C1. The lowest BCUT2D eigenvalue weighted by Crippen LogP contribution is -2.52. The van der Waals surface area contributed by atoms with Crippen LogP contribution < -0.4 is 10.2 Å². The number of hydrogen-bond donors (Lipinski definition) is 2. The van der Waals surface area contributed by atoms with E-state index in [9.17, 15) is 9.90 Å². The minimum Gasteiger partial charge on any atom is -0.393 e. The minimum absolute atomic E-state index is 0.0364. The first-order chi connectivity index (χ1) is 12.1. The van der Waals surface area contributed by atoms with Crippen LogP contribution in [0.2, 0.25) is 0 Å². The van der Waals surface area contributed by atoms with E-state index in [0.717, 1.165) is 57.4 Å². The van der Waals surface area contributed by atoms with Gasteiger partial charge in [-0.25, -0.2) is 9.78 Å². The van der Waals surface area contributed by atoms with Crippen molar-refractivity contribution in [1.29, 1.82) is 0 Å². The summed E-state index contributed by atoms with van der Waals surface area (Å²) < 4.78 is 0. The highest BCUT2D eigenvalue weighted by molar-refractivity contribution is 5.74. The number of hydrogen-bond acceptors (Lipinski definition) is 4. The number of nitrogens with one attached hydrogen (secondary N) is 1. The first-order valence-corrected chi connectivity index (χ1v) is 9.49. The maximum absolute atomic E-state index is 12.5. The van der Waals surface area contributed by atoms with Crippen LogP contribution in [0.1, 0.15) is 38.5 Å². The second kappa shape index (κ2) is 8.52. The second-order valence-corrected chi connectivity index (χ2v) is 7.42. The number of carbonyl (C=O) groups is 1. The molecule has 1 saturated carbocycles. The number of aromatic nitrogens is 1. The van der Waals surface area contributed by atoms with Gasteiger partial charge in [0.2, 0.25) is 0 Å². The molecule has 1 aromatic heterocycles. The number of piperidine rings is 1. The fourth-order valence-electron chi connectivity index (χ4n) is 3.96. The molecule has 25 heavy (non-hydrogen) atoms. The summed E-state index contributed by atoms with van der Waals surface area (Å²) in [6.07, 6.45) is 7.70. The van der Waals surface area contributed by atoms with Crippen LogP contribution in [0.4, 0.5) is 10.6 Å². The Morgan fingerprint density at radius 2 is 2.16 bits per heavy atom. The molecule has 0 radical (unpaired) electrons. The van der Waals surface area contributed by atoms with Gasteiger partial charge in [-0.05, 0) is 37.8 Å². The molecule has 6 nitrogen and oxygen atoms in total. The van der Waals surface area contributed by atoms with Crippen molar-refractivity contribution in [3.8, 4) is 0 Å². The highest BCUT2D eigenvalue weighted by Gasteiger charge is 2.27. The molecule has 0 unspecified atom stereocenters. The van der Waals surface area contributed by atoms with E-state index in [-0.39, 0.29) is 24.1 Å². The Labute approximate surface area is 150 Å². The Morgan fingerprint density at radius 1 is 1.32 bits per heavy atom. The number of amides is 2. The first kappa shape index (κ1) is 18.0. The molecular weight excluding hydrogens is 316 g/mol. The highest BCUT2D eigenvalue weighted by atomic mass is 16.3. The van der Waals surface area contributed by atoms with E-state index in [1.54, 1.807) is 11.1 Å². The fourth-order valence-corrected chi connectivity index (χ4v) is 3.96. The van der Waals surface area contributed by atoms with Crippen LogP contribution in [0.15, 0.2) is 24.4 Å². The van der Waals surface area contributed by atoms with Crippen molar-refractivity contribution in [3.63, 3.8) is 0 Å². The number of aliphatic hydroxyl groups excluding tert-OH is 1. The van der Waals surface area contributed by atoms with E-state index < -0.39 is 0 Å². The molecule has 3 rings (SSSR count). The van der Waals surface area contributed by atoms with Crippen LogP contribution in [-0.4, -0.2) is 59.8 Å². The van der Waals surface area contributed by atoms with Gasteiger partial charge in [-0.2, -0.15) is 0 Å². The average molecular weight is 346 g/mol. The van der Waals surface area contributed by atoms with Crippen molar-refractivity contribution in [2.24, 2.45) is 5.92 Å². The number of urea groups is 1.